The van der Waals surface area contributed by atoms with E-state index in [0.717, 1.165) is 39.8 Å². The molecule has 0 spiro atoms. The maximum absolute atomic E-state index is 5.27. The van der Waals surface area contributed by atoms with Crippen molar-refractivity contribution in [3.63, 3.8) is 0 Å². The van der Waals surface area contributed by atoms with Gasteiger partial charge in [0.2, 0.25) is 0 Å². The molecule has 2 nitrogen and oxygen atoms in total. The fraction of sp³-hybridized carbons (Fsp3) is 0.0556. The predicted octanol–water partition coefficient (Wildman–Crippen LogP) is 7.80. The van der Waals surface area contributed by atoms with E-state index >= 15 is 0 Å². The standard InChI is InChI=1S/C36H29N2P/c1-2-30-31(27-15-6-3-7-16-27)21-12-24-34(30)39(35-25-13-22-32(37-35)28-17-8-4-9-18-28)36-26-14-23-33(38-36)29-19-10-5-11-20-29/h3-26H,2H2,1H3. The van der Waals surface area contributed by atoms with Crippen LogP contribution in [0.4, 0.5) is 0 Å². The third kappa shape index (κ3) is 5.30. The summed E-state index contributed by atoms with van der Waals surface area (Å²) < 4.78 is 0. The van der Waals surface area contributed by atoms with E-state index < -0.39 is 7.92 Å². The SMILES string of the molecule is CCc1c(-c2ccccc2)cccc1P(c1cccc(-c2ccccc2)n1)c1cccc(-c2ccccc2)n1. The summed E-state index contributed by atoms with van der Waals surface area (Å²) in [5, 5.41) is 1.31. The lowest BCUT2D eigenvalue weighted by Gasteiger charge is -2.23. The van der Waals surface area contributed by atoms with Crippen LogP contribution in [0.5, 0.6) is 0 Å². The molecule has 0 saturated carbocycles. The van der Waals surface area contributed by atoms with Gasteiger partial charge in [0.05, 0.1) is 22.3 Å². The van der Waals surface area contributed by atoms with Crippen LogP contribution in [-0.2, 0) is 6.42 Å². The van der Waals surface area contributed by atoms with Gasteiger partial charge in [0.1, 0.15) is 0 Å². The van der Waals surface area contributed by atoms with E-state index in [2.05, 4.69) is 140 Å². The van der Waals surface area contributed by atoms with Crippen molar-refractivity contribution >= 4 is 24.1 Å². The van der Waals surface area contributed by atoms with Gasteiger partial charge < -0.3 is 0 Å². The van der Waals surface area contributed by atoms with Gasteiger partial charge in [0.25, 0.3) is 0 Å². The first-order valence-corrected chi connectivity index (χ1v) is 14.7. The molecule has 0 saturated heterocycles. The zero-order chi connectivity index (χ0) is 26.4. The number of pyridine rings is 2. The fourth-order valence-electron chi connectivity index (χ4n) is 5.04. The van der Waals surface area contributed by atoms with Crippen LogP contribution in [0.1, 0.15) is 12.5 Å². The monoisotopic (exact) mass is 520 g/mol. The molecule has 6 aromatic rings. The second-order valence-electron chi connectivity index (χ2n) is 9.35. The van der Waals surface area contributed by atoms with Crippen molar-refractivity contribution in [1.29, 1.82) is 0 Å². The third-order valence-electron chi connectivity index (χ3n) is 6.90. The van der Waals surface area contributed by atoms with Crippen LogP contribution >= 0.6 is 7.92 Å². The summed E-state index contributed by atoms with van der Waals surface area (Å²) in [4.78, 5) is 10.5. The van der Waals surface area contributed by atoms with E-state index in [4.69, 9.17) is 9.97 Å². The zero-order valence-corrected chi connectivity index (χ0v) is 22.8. The minimum atomic E-state index is -1.01. The molecule has 2 aromatic heterocycles. The van der Waals surface area contributed by atoms with Gasteiger partial charge in [-0.15, -0.1) is 0 Å². The summed E-state index contributed by atoms with van der Waals surface area (Å²) in [6, 6.07) is 51.0. The van der Waals surface area contributed by atoms with E-state index in [9.17, 15) is 0 Å². The Morgan fingerprint density at radius 1 is 0.462 bits per heavy atom. The molecule has 188 valence electrons. The summed E-state index contributed by atoms with van der Waals surface area (Å²) in [5.41, 5.74) is 10.2. The van der Waals surface area contributed by atoms with Gasteiger partial charge in [-0.05, 0) is 52.7 Å². The van der Waals surface area contributed by atoms with Crippen LogP contribution in [0.15, 0.2) is 146 Å². The Labute approximate surface area is 231 Å². The topological polar surface area (TPSA) is 25.8 Å². The largest absolute Gasteiger partial charge is 0.247 e. The van der Waals surface area contributed by atoms with Crippen molar-refractivity contribution in [1.82, 2.24) is 9.97 Å². The Morgan fingerprint density at radius 2 is 0.923 bits per heavy atom. The van der Waals surface area contributed by atoms with Gasteiger partial charge >= 0.3 is 0 Å². The van der Waals surface area contributed by atoms with Crippen LogP contribution < -0.4 is 16.2 Å². The molecule has 3 heteroatoms. The van der Waals surface area contributed by atoms with Gasteiger partial charge in [-0.3, -0.25) is 0 Å². The molecule has 0 unspecified atom stereocenters. The molecule has 0 aliphatic rings. The number of hydrogen-bond donors (Lipinski definition) is 0. The van der Waals surface area contributed by atoms with Gasteiger partial charge in [0, 0.05) is 19.0 Å². The minimum Gasteiger partial charge on any atom is -0.247 e. The average molecular weight is 521 g/mol. The molecular formula is C36H29N2P. The molecule has 0 radical (unpaired) electrons. The molecule has 2 heterocycles. The molecule has 0 N–H and O–H groups in total. The lowest BCUT2D eigenvalue weighted by Crippen LogP contribution is -2.27. The fourth-order valence-corrected chi connectivity index (χ4v) is 7.44. The Hall–Kier alpha value is -4.39. The van der Waals surface area contributed by atoms with Gasteiger partial charge in [0.15, 0.2) is 0 Å². The second-order valence-corrected chi connectivity index (χ2v) is 11.4. The number of aromatic nitrogens is 2. The van der Waals surface area contributed by atoms with Crippen LogP contribution in [0.2, 0.25) is 0 Å². The van der Waals surface area contributed by atoms with Crippen molar-refractivity contribution in [2.24, 2.45) is 0 Å². The van der Waals surface area contributed by atoms with E-state index in [1.54, 1.807) is 0 Å². The van der Waals surface area contributed by atoms with Crippen molar-refractivity contribution < 1.29 is 0 Å². The summed E-state index contributed by atoms with van der Waals surface area (Å²) in [6.45, 7) is 2.25. The molecule has 0 atom stereocenters. The van der Waals surface area contributed by atoms with Gasteiger partial charge in [-0.2, -0.15) is 0 Å². The molecule has 0 bridgehead atoms. The highest BCUT2D eigenvalue weighted by Gasteiger charge is 2.24. The highest BCUT2D eigenvalue weighted by atomic mass is 31.1. The number of nitrogens with zero attached hydrogens (tertiary/aromatic N) is 2. The summed E-state index contributed by atoms with van der Waals surface area (Å²) in [6.07, 6.45) is 0.927. The maximum Gasteiger partial charge on any atom is 0.0744 e. The first-order valence-electron chi connectivity index (χ1n) is 13.3. The molecule has 6 rings (SSSR count). The van der Waals surface area contributed by atoms with E-state index in [1.165, 1.54) is 22.0 Å². The van der Waals surface area contributed by atoms with Crippen LogP contribution in [-0.4, -0.2) is 9.97 Å². The zero-order valence-electron chi connectivity index (χ0n) is 21.9. The lowest BCUT2D eigenvalue weighted by molar-refractivity contribution is 1.16. The molecule has 4 aromatic carbocycles. The molecular weight excluding hydrogens is 491 g/mol. The molecule has 0 amide bonds. The number of hydrogen-bond acceptors (Lipinski definition) is 2. The van der Waals surface area contributed by atoms with Crippen LogP contribution in [0, 0.1) is 0 Å². The third-order valence-corrected chi connectivity index (χ3v) is 9.21. The second kappa shape index (κ2) is 11.6. The Bertz CT molecular complexity index is 1600. The minimum absolute atomic E-state index is 0.927. The average Bonchev–Trinajstić information content (AvgIpc) is 3.03. The first-order chi connectivity index (χ1) is 19.3. The van der Waals surface area contributed by atoms with Gasteiger partial charge in [-0.25, -0.2) is 9.97 Å². The van der Waals surface area contributed by atoms with Crippen molar-refractivity contribution in [2.75, 3.05) is 0 Å². The van der Waals surface area contributed by atoms with Gasteiger partial charge in [-0.1, -0.05) is 128 Å². The van der Waals surface area contributed by atoms with Crippen LogP contribution in [0.25, 0.3) is 33.6 Å². The summed E-state index contributed by atoms with van der Waals surface area (Å²) >= 11 is 0. The van der Waals surface area contributed by atoms with Crippen molar-refractivity contribution in [3.05, 3.63) is 151 Å². The molecule has 0 aliphatic carbocycles. The van der Waals surface area contributed by atoms with E-state index in [-0.39, 0.29) is 0 Å². The molecule has 39 heavy (non-hydrogen) atoms. The first kappa shape index (κ1) is 24.9. The lowest BCUT2D eigenvalue weighted by atomic mass is 9.98. The maximum atomic E-state index is 5.27. The Kier molecular flexibility index (Phi) is 7.38. The summed E-state index contributed by atoms with van der Waals surface area (Å²) in [7, 11) is -1.01. The highest BCUT2D eigenvalue weighted by Crippen LogP contribution is 2.37. The quantitative estimate of drug-likeness (QED) is 0.201. The van der Waals surface area contributed by atoms with Crippen molar-refractivity contribution in [3.8, 4) is 33.6 Å². The molecule has 0 fully saturated rings. The predicted molar refractivity (Wildman–Crippen MR) is 166 cm³/mol. The number of benzene rings is 4. The Balaban J connectivity index is 1.56. The Morgan fingerprint density at radius 3 is 1.41 bits per heavy atom. The van der Waals surface area contributed by atoms with Crippen LogP contribution in [0.3, 0.4) is 0 Å². The van der Waals surface area contributed by atoms with Crippen molar-refractivity contribution in [2.45, 2.75) is 13.3 Å². The van der Waals surface area contributed by atoms with E-state index in [1.807, 2.05) is 12.1 Å². The normalized spacial score (nSPS) is 11.0. The summed E-state index contributed by atoms with van der Waals surface area (Å²) in [5.74, 6) is 0. The highest BCUT2D eigenvalue weighted by molar-refractivity contribution is 7.79. The molecule has 0 aliphatic heterocycles. The number of rotatable bonds is 7. The smallest absolute Gasteiger partial charge is 0.0744 e. The van der Waals surface area contributed by atoms with E-state index in [0.29, 0.717) is 0 Å².